The van der Waals surface area contributed by atoms with E-state index in [-0.39, 0.29) is 35.7 Å². The van der Waals surface area contributed by atoms with E-state index in [2.05, 4.69) is 24.1 Å². The van der Waals surface area contributed by atoms with Crippen molar-refractivity contribution in [3.8, 4) is 0 Å². The second-order valence-electron chi connectivity index (χ2n) is 7.86. The van der Waals surface area contributed by atoms with Gasteiger partial charge in [0.05, 0.1) is 12.4 Å². The number of rotatable bonds is 5. The van der Waals surface area contributed by atoms with Crippen LogP contribution in [0.25, 0.3) is 22.1 Å². The predicted molar refractivity (Wildman–Crippen MR) is 106 cm³/mol. The molecule has 4 rings (SSSR count). The van der Waals surface area contributed by atoms with E-state index in [4.69, 9.17) is 9.15 Å². The molecule has 0 radical (unpaired) electrons. The molecule has 1 aliphatic heterocycles. The van der Waals surface area contributed by atoms with Crippen molar-refractivity contribution >= 4 is 28.0 Å². The first-order valence-electron chi connectivity index (χ1n) is 9.79. The largest absolute Gasteiger partial charge is 0.448 e. The Kier molecular flexibility index (Phi) is 5.17. The number of fused-ring (bicyclic) bond motifs is 3. The zero-order valence-corrected chi connectivity index (χ0v) is 16.2. The highest BCUT2D eigenvalue weighted by molar-refractivity contribution is 6.01. The van der Waals surface area contributed by atoms with Gasteiger partial charge in [-0.1, -0.05) is 26.0 Å². The van der Waals surface area contributed by atoms with Gasteiger partial charge in [0, 0.05) is 18.0 Å². The highest BCUT2D eigenvalue weighted by Gasteiger charge is 2.25. The zero-order valence-electron chi connectivity index (χ0n) is 16.2. The standard InChI is InChI=1S/C21H25N3O4/c1-13(2)9-15-10-14(7-8-27-15)23-18(25)11-24-12-22-19-16-5-3-4-6-17(16)28-20(19)21(24)26/h3-6,12-15H,7-11H2,1-2H3,(H,23,25). The minimum Gasteiger partial charge on any atom is -0.448 e. The van der Waals surface area contributed by atoms with Crippen LogP contribution in [0, 0.1) is 5.92 Å². The van der Waals surface area contributed by atoms with E-state index in [0.29, 0.717) is 23.6 Å². The fourth-order valence-corrected chi connectivity index (χ4v) is 3.86. The second-order valence-corrected chi connectivity index (χ2v) is 7.86. The van der Waals surface area contributed by atoms with Gasteiger partial charge in [-0.3, -0.25) is 14.2 Å². The Morgan fingerprint density at radius 2 is 2.18 bits per heavy atom. The molecular formula is C21H25N3O4. The first-order valence-corrected chi connectivity index (χ1v) is 9.79. The molecule has 28 heavy (non-hydrogen) atoms. The third kappa shape index (κ3) is 3.80. The Bertz CT molecular complexity index is 1050. The minimum absolute atomic E-state index is 0.0728. The van der Waals surface area contributed by atoms with Gasteiger partial charge >= 0.3 is 0 Å². The van der Waals surface area contributed by atoms with Crippen LogP contribution in [0.5, 0.6) is 0 Å². The summed E-state index contributed by atoms with van der Waals surface area (Å²) >= 11 is 0. The smallest absolute Gasteiger partial charge is 0.297 e. The monoisotopic (exact) mass is 383 g/mol. The Morgan fingerprint density at radius 3 is 3.00 bits per heavy atom. The molecule has 2 atom stereocenters. The lowest BCUT2D eigenvalue weighted by Crippen LogP contribution is -2.44. The summed E-state index contributed by atoms with van der Waals surface area (Å²) in [6.45, 7) is 4.90. The summed E-state index contributed by atoms with van der Waals surface area (Å²) < 4.78 is 12.7. The Morgan fingerprint density at radius 1 is 1.36 bits per heavy atom. The maximum absolute atomic E-state index is 12.7. The summed E-state index contributed by atoms with van der Waals surface area (Å²) in [6, 6.07) is 7.45. The fraction of sp³-hybridized carbons (Fsp3) is 0.476. The number of benzene rings is 1. The van der Waals surface area contributed by atoms with Gasteiger partial charge < -0.3 is 14.5 Å². The van der Waals surface area contributed by atoms with Gasteiger partial charge in [-0.15, -0.1) is 0 Å². The molecule has 1 saturated heterocycles. The molecule has 7 heteroatoms. The normalized spacial score (nSPS) is 20.1. The quantitative estimate of drug-likeness (QED) is 0.732. The topological polar surface area (TPSA) is 86.4 Å². The van der Waals surface area contributed by atoms with Crippen molar-refractivity contribution in [2.75, 3.05) is 6.61 Å². The van der Waals surface area contributed by atoms with E-state index in [1.54, 1.807) is 6.07 Å². The van der Waals surface area contributed by atoms with Crippen LogP contribution in [0.3, 0.4) is 0 Å². The van der Waals surface area contributed by atoms with Gasteiger partial charge in [-0.05, 0) is 37.3 Å². The summed E-state index contributed by atoms with van der Waals surface area (Å²) in [6.07, 6.45) is 4.17. The number of hydrogen-bond donors (Lipinski definition) is 1. The zero-order chi connectivity index (χ0) is 19.7. The molecule has 0 saturated carbocycles. The number of amides is 1. The van der Waals surface area contributed by atoms with Crippen LogP contribution < -0.4 is 10.9 Å². The van der Waals surface area contributed by atoms with Gasteiger partial charge in [-0.2, -0.15) is 0 Å². The molecular weight excluding hydrogens is 358 g/mol. The Balaban J connectivity index is 1.47. The van der Waals surface area contributed by atoms with E-state index < -0.39 is 0 Å². The first kappa shape index (κ1) is 18.7. The number of carbonyl (C=O) groups excluding carboxylic acids is 1. The molecule has 2 unspecified atom stereocenters. The van der Waals surface area contributed by atoms with Crippen molar-refractivity contribution in [1.29, 1.82) is 0 Å². The fourth-order valence-electron chi connectivity index (χ4n) is 3.86. The van der Waals surface area contributed by atoms with Crippen LogP contribution in [0.15, 0.2) is 39.8 Å². The summed E-state index contributed by atoms with van der Waals surface area (Å²) in [7, 11) is 0. The van der Waals surface area contributed by atoms with Crippen molar-refractivity contribution < 1.29 is 13.9 Å². The lowest BCUT2D eigenvalue weighted by molar-refractivity contribution is -0.123. The molecule has 1 aromatic carbocycles. The second kappa shape index (κ2) is 7.75. The molecule has 148 valence electrons. The SMILES string of the molecule is CC(C)CC1CC(NC(=O)Cn2cnc3c(oc4ccccc43)c2=O)CCO1. The van der Waals surface area contributed by atoms with E-state index >= 15 is 0 Å². The van der Waals surface area contributed by atoms with Crippen LogP contribution in [-0.4, -0.2) is 34.2 Å². The van der Waals surface area contributed by atoms with Crippen LogP contribution in [0.1, 0.15) is 33.1 Å². The molecule has 1 N–H and O–H groups in total. The predicted octanol–water partition coefficient (Wildman–Crippen LogP) is 2.85. The molecule has 2 aromatic heterocycles. The molecule has 3 aromatic rings. The van der Waals surface area contributed by atoms with Crippen molar-refractivity contribution in [2.45, 2.75) is 51.8 Å². The number of nitrogens with zero attached hydrogens (tertiary/aromatic N) is 2. The van der Waals surface area contributed by atoms with Crippen molar-refractivity contribution in [1.82, 2.24) is 14.9 Å². The summed E-state index contributed by atoms with van der Waals surface area (Å²) in [5.74, 6) is 0.356. The molecule has 3 heterocycles. The molecule has 7 nitrogen and oxygen atoms in total. The third-order valence-corrected chi connectivity index (χ3v) is 5.13. The molecule has 1 aliphatic rings. The van der Waals surface area contributed by atoms with E-state index in [1.165, 1.54) is 10.9 Å². The molecule has 1 fully saturated rings. The van der Waals surface area contributed by atoms with Crippen LogP contribution >= 0.6 is 0 Å². The number of ether oxygens (including phenoxy) is 1. The number of para-hydroxylation sites is 1. The van der Waals surface area contributed by atoms with E-state index in [0.717, 1.165) is 24.6 Å². The van der Waals surface area contributed by atoms with Gasteiger partial charge in [0.2, 0.25) is 11.5 Å². The highest BCUT2D eigenvalue weighted by atomic mass is 16.5. The van der Waals surface area contributed by atoms with Crippen molar-refractivity contribution in [2.24, 2.45) is 5.92 Å². The average Bonchev–Trinajstić information content (AvgIpc) is 3.03. The maximum Gasteiger partial charge on any atom is 0.297 e. The Hall–Kier alpha value is -2.67. The summed E-state index contributed by atoms with van der Waals surface area (Å²) in [5.41, 5.74) is 0.974. The molecule has 0 bridgehead atoms. The van der Waals surface area contributed by atoms with Gasteiger partial charge in [0.25, 0.3) is 5.56 Å². The molecule has 0 aliphatic carbocycles. The van der Waals surface area contributed by atoms with Crippen LogP contribution in [0.4, 0.5) is 0 Å². The third-order valence-electron chi connectivity index (χ3n) is 5.13. The van der Waals surface area contributed by atoms with Gasteiger partial charge in [-0.25, -0.2) is 4.98 Å². The number of nitrogens with one attached hydrogen (secondary N) is 1. The van der Waals surface area contributed by atoms with E-state index in [9.17, 15) is 9.59 Å². The number of carbonyl (C=O) groups is 1. The Labute approximate surface area is 162 Å². The molecule has 1 amide bonds. The lowest BCUT2D eigenvalue weighted by atomic mass is 9.96. The van der Waals surface area contributed by atoms with Crippen molar-refractivity contribution in [3.63, 3.8) is 0 Å². The number of hydrogen-bond acceptors (Lipinski definition) is 5. The van der Waals surface area contributed by atoms with Gasteiger partial charge in [0.1, 0.15) is 17.6 Å². The van der Waals surface area contributed by atoms with Crippen LogP contribution in [-0.2, 0) is 16.1 Å². The van der Waals surface area contributed by atoms with E-state index in [1.807, 2.05) is 18.2 Å². The summed E-state index contributed by atoms with van der Waals surface area (Å²) in [5, 5.41) is 3.83. The first-order chi connectivity index (χ1) is 13.5. The van der Waals surface area contributed by atoms with Crippen molar-refractivity contribution in [3.05, 3.63) is 40.9 Å². The number of aromatic nitrogens is 2. The van der Waals surface area contributed by atoms with Crippen LogP contribution in [0.2, 0.25) is 0 Å². The maximum atomic E-state index is 12.7. The van der Waals surface area contributed by atoms with Gasteiger partial charge in [0.15, 0.2) is 0 Å². The number of furan rings is 1. The molecule has 0 spiro atoms. The highest BCUT2D eigenvalue weighted by Crippen LogP contribution is 2.24. The minimum atomic E-state index is -0.346. The lowest BCUT2D eigenvalue weighted by Gasteiger charge is -2.31. The average molecular weight is 383 g/mol. The summed E-state index contributed by atoms with van der Waals surface area (Å²) in [4.78, 5) is 29.6.